The molecule has 28 heavy (non-hydrogen) atoms. The van der Waals surface area contributed by atoms with Crippen molar-refractivity contribution in [2.24, 2.45) is 0 Å². The molecule has 0 fully saturated rings. The lowest BCUT2D eigenvalue weighted by atomic mass is 10.1. The summed E-state index contributed by atoms with van der Waals surface area (Å²) in [5.74, 6) is -3.06. The second-order valence-electron chi connectivity index (χ2n) is 6.96. The first-order valence-corrected chi connectivity index (χ1v) is 9.94. The second-order valence-corrected chi connectivity index (χ2v) is 6.96. The Hall–Kier alpha value is -2.27. The van der Waals surface area contributed by atoms with E-state index in [2.05, 4.69) is 24.9 Å². The number of benzene rings is 1. The molecule has 0 aliphatic rings. The fraction of sp³-hybridized carbons (Fsp3) is 0.435. The quantitative estimate of drug-likeness (QED) is 0.445. The number of hydrogen-bond acceptors (Lipinski definition) is 3. The molecule has 2 rings (SSSR count). The number of aromatic hydroxyl groups is 1. The third-order valence-corrected chi connectivity index (χ3v) is 4.57. The number of phenolic OH excluding ortho intramolecular Hbond substituents is 1. The minimum absolute atomic E-state index is 0.0266. The maximum atomic E-state index is 13.9. The van der Waals surface area contributed by atoms with E-state index >= 15 is 0 Å². The average molecular weight is 389 g/mol. The molecular formula is C23H29F2NO2. The third-order valence-electron chi connectivity index (χ3n) is 4.57. The Morgan fingerprint density at radius 3 is 2.64 bits per heavy atom. The highest BCUT2D eigenvalue weighted by atomic mass is 19.2. The second kappa shape index (κ2) is 11.5. The van der Waals surface area contributed by atoms with Crippen LogP contribution in [0.1, 0.15) is 57.9 Å². The predicted molar refractivity (Wildman–Crippen MR) is 109 cm³/mol. The molecule has 0 aliphatic carbocycles. The summed E-state index contributed by atoms with van der Waals surface area (Å²) in [6.07, 6.45) is 12.5. The first-order valence-electron chi connectivity index (χ1n) is 9.94. The highest BCUT2D eigenvalue weighted by Gasteiger charge is 2.14. The summed E-state index contributed by atoms with van der Waals surface area (Å²) in [6, 6.07) is 5.89. The van der Waals surface area contributed by atoms with Gasteiger partial charge in [-0.25, -0.2) is 4.39 Å². The first kappa shape index (κ1) is 22.0. The lowest BCUT2D eigenvalue weighted by Gasteiger charge is -2.11. The first-order chi connectivity index (χ1) is 13.5. The van der Waals surface area contributed by atoms with Crippen molar-refractivity contribution in [3.63, 3.8) is 0 Å². The Kier molecular flexibility index (Phi) is 9.08. The van der Waals surface area contributed by atoms with Gasteiger partial charge in [0.1, 0.15) is 0 Å². The number of hydrogen-bond donors (Lipinski definition) is 1. The van der Waals surface area contributed by atoms with E-state index in [0.717, 1.165) is 43.9 Å². The maximum absolute atomic E-state index is 13.9. The number of halogens is 2. The van der Waals surface area contributed by atoms with Crippen LogP contribution in [0.25, 0.3) is 17.3 Å². The number of allylic oxidation sites excluding steroid dienone is 1. The number of pyridine rings is 1. The Bertz CT molecular complexity index is 760. The van der Waals surface area contributed by atoms with Crippen LogP contribution in [0.15, 0.2) is 36.5 Å². The van der Waals surface area contributed by atoms with Gasteiger partial charge in [0, 0.05) is 18.4 Å². The molecule has 1 heterocycles. The lowest BCUT2D eigenvalue weighted by molar-refractivity contribution is 0.0566. The fourth-order valence-electron chi connectivity index (χ4n) is 2.86. The fourth-order valence-corrected chi connectivity index (χ4v) is 2.86. The van der Waals surface area contributed by atoms with Crippen LogP contribution in [0, 0.1) is 11.6 Å². The van der Waals surface area contributed by atoms with E-state index in [1.54, 1.807) is 12.3 Å². The number of aromatic nitrogens is 1. The third kappa shape index (κ3) is 6.71. The molecular weight excluding hydrogens is 360 g/mol. The summed E-state index contributed by atoms with van der Waals surface area (Å²) in [4.78, 5) is 4.20. The van der Waals surface area contributed by atoms with Gasteiger partial charge in [0.2, 0.25) is 5.82 Å². The van der Waals surface area contributed by atoms with Crippen LogP contribution in [-0.2, 0) is 4.74 Å². The van der Waals surface area contributed by atoms with Crippen LogP contribution >= 0.6 is 0 Å². The van der Waals surface area contributed by atoms with Crippen molar-refractivity contribution in [2.45, 2.75) is 58.5 Å². The van der Waals surface area contributed by atoms with Crippen molar-refractivity contribution in [1.29, 1.82) is 0 Å². The van der Waals surface area contributed by atoms with Crippen LogP contribution < -0.4 is 0 Å². The van der Waals surface area contributed by atoms with Gasteiger partial charge in [-0.1, -0.05) is 38.0 Å². The smallest absolute Gasteiger partial charge is 0.201 e. The monoisotopic (exact) mass is 389 g/mol. The summed E-state index contributed by atoms with van der Waals surface area (Å²) in [7, 11) is 0. The maximum Gasteiger partial charge on any atom is 0.201 e. The molecule has 0 aliphatic heterocycles. The average Bonchev–Trinajstić information content (AvgIpc) is 2.70. The summed E-state index contributed by atoms with van der Waals surface area (Å²) < 4.78 is 33.2. The number of rotatable bonds is 11. The Balaban J connectivity index is 1.79. The van der Waals surface area contributed by atoms with Crippen molar-refractivity contribution >= 4 is 6.08 Å². The molecule has 0 bridgehead atoms. The summed E-state index contributed by atoms with van der Waals surface area (Å²) in [6.45, 7) is 5.14. The van der Waals surface area contributed by atoms with Gasteiger partial charge in [0.25, 0.3) is 0 Å². The highest BCUT2D eigenvalue weighted by Crippen LogP contribution is 2.28. The molecule has 0 spiro atoms. The molecule has 1 unspecified atom stereocenters. The number of nitrogens with zero attached hydrogens (tertiary/aromatic N) is 1. The molecule has 0 amide bonds. The van der Waals surface area contributed by atoms with E-state index in [4.69, 9.17) is 4.74 Å². The number of phenols is 1. The molecule has 3 nitrogen and oxygen atoms in total. The van der Waals surface area contributed by atoms with Crippen molar-refractivity contribution in [3.8, 4) is 17.0 Å². The van der Waals surface area contributed by atoms with E-state index < -0.39 is 17.4 Å². The van der Waals surface area contributed by atoms with Crippen LogP contribution in [0.2, 0.25) is 0 Å². The van der Waals surface area contributed by atoms with Gasteiger partial charge >= 0.3 is 0 Å². The zero-order chi connectivity index (χ0) is 20.4. The van der Waals surface area contributed by atoms with E-state index in [-0.39, 0.29) is 11.7 Å². The zero-order valence-corrected chi connectivity index (χ0v) is 16.6. The molecule has 1 atom stereocenters. The summed E-state index contributed by atoms with van der Waals surface area (Å²) in [5, 5.41) is 9.20. The van der Waals surface area contributed by atoms with Gasteiger partial charge in [-0.3, -0.25) is 4.98 Å². The van der Waals surface area contributed by atoms with Gasteiger partial charge in [-0.2, -0.15) is 4.39 Å². The Morgan fingerprint density at radius 1 is 1.11 bits per heavy atom. The van der Waals surface area contributed by atoms with Crippen molar-refractivity contribution in [3.05, 3.63) is 53.7 Å². The normalized spacial score (nSPS) is 12.6. The van der Waals surface area contributed by atoms with E-state index in [9.17, 15) is 13.9 Å². The van der Waals surface area contributed by atoms with Crippen LogP contribution in [0.3, 0.4) is 0 Å². The lowest BCUT2D eigenvalue weighted by Crippen LogP contribution is -2.08. The molecule has 2 aromatic rings. The zero-order valence-electron chi connectivity index (χ0n) is 16.6. The summed E-state index contributed by atoms with van der Waals surface area (Å²) in [5.41, 5.74) is 1.24. The molecule has 0 radical (unpaired) electrons. The molecule has 152 valence electrons. The standard InChI is InChI=1S/C23H29F2NO2/c1-3-4-8-15-28-17(2)9-6-5-7-10-18-11-13-20(26-16-18)19-12-14-21(27)23(25)22(19)24/h7,10-14,16-17,27H,3-6,8-9,15H2,1-2H3/b10-7+. The topological polar surface area (TPSA) is 42.4 Å². The number of ether oxygens (including phenoxy) is 1. The molecule has 1 aromatic carbocycles. The van der Waals surface area contributed by atoms with Gasteiger partial charge in [0.15, 0.2) is 11.6 Å². The van der Waals surface area contributed by atoms with Gasteiger partial charge in [-0.05, 0) is 56.4 Å². The Morgan fingerprint density at radius 2 is 1.93 bits per heavy atom. The largest absolute Gasteiger partial charge is 0.505 e. The molecule has 0 saturated carbocycles. The molecule has 1 aromatic heterocycles. The van der Waals surface area contributed by atoms with Crippen LogP contribution in [0.5, 0.6) is 5.75 Å². The molecule has 0 saturated heterocycles. The van der Waals surface area contributed by atoms with E-state index in [1.165, 1.54) is 18.9 Å². The van der Waals surface area contributed by atoms with Crippen molar-refractivity contribution in [2.75, 3.05) is 6.61 Å². The van der Waals surface area contributed by atoms with Gasteiger partial charge in [0.05, 0.1) is 11.8 Å². The van der Waals surface area contributed by atoms with Crippen molar-refractivity contribution in [1.82, 2.24) is 4.98 Å². The SMILES string of the molecule is CCCCCOC(C)CCC/C=C/c1ccc(-c2ccc(O)c(F)c2F)nc1. The van der Waals surface area contributed by atoms with Crippen LogP contribution in [0.4, 0.5) is 8.78 Å². The summed E-state index contributed by atoms with van der Waals surface area (Å²) >= 11 is 0. The minimum atomic E-state index is -1.26. The Labute approximate surface area is 166 Å². The van der Waals surface area contributed by atoms with E-state index in [1.807, 2.05) is 12.1 Å². The van der Waals surface area contributed by atoms with Crippen LogP contribution in [-0.4, -0.2) is 22.8 Å². The minimum Gasteiger partial charge on any atom is -0.505 e. The molecule has 1 N–H and O–H groups in total. The molecule has 5 heteroatoms. The van der Waals surface area contributed by atoms with Crippen molar-refractivity contribution < 1.29 is 18.6 Å². The predicted octanol–water partition coefficient (Wildman–Crippen LogP) is 6.51. The number of unbranched alkanes of at least 4 members (excludes halogenated alkanes) is 3. The van der Waals surface area contributed by atoms with E-state index in [0.29, 0.717) is 5.69 Å². The highest BCUT2D eigenvalue weighted by molar-refractivity contribution is 5.63. The van der Waals surface area contributed by atoms with Gasteiger partial charge in [-0.15, -0.1) is 0 Å². The van der Waals surface area contributed by atoms with Gasteiger partial charge < -0.3 is 9.84 Å².